The third kappa shape index (κ3) is 8.00. The molecule has 82 valence electrons. The minimum absolute atomic E-state index is 0.684. The molecule has 4 nitrogen and oxygen atoms in total. The number of nitrogens with one attached hydrogen (secondary N) is 4. The van der Waals surface area contributed by atoms with E-state index in [9.17, 15) is 0 Å². The molecule has 4 N–H and O–H groups in total. The largest absolute Gasteiger partial charge is 0.363 e. The fourth-order valence-corrected chi connectivity index (χ4v) is 1.29. The van der Waals surface area contributed by atoms with E-state index in [0.717, 1.165) is 26.2 Å². The predicted molar refractivity (Wildman–Crippen MR) is 68.6 cm³/mol. The number of hydrogen-bond donors (Lipinski definition) is 4. The lowest BCUT2D eigenvalue weighted by molar-refractivity contribution is 0.777. The normalized spacial score (nSPS) is 9.00. The molecule has 0 fully saturated rings. The highest BCUT2D eigenvalue weighted by molar-refractivity contribution is 7.80. The second-order valence-corrected chi connectivity index (χ2v) is 3.39. The van der Waals surface area contributed by atoms with Crippen molar-refractivity contribution >= 4 is 34.7 Å². The molecule has 0 heterocycles. The van der Waals surface area contributed by atoms with E-state index in [4.69, 9.17) is 24.4 Å². The van der Waals surface area contributed by atoms with Gasteiger partial charge in [0.25, 0.3) is 0 Å². The molecule has 0 rings (SSSR count). The van der Waals surface area contributed by atoms with Crippen LogP contribution in [-0.4, -0.2) is 36.4 Å². The Bertz CT molecular complexity index is 164. The van der Waals surface area contributed by atoms with Crippen molar-refractivity contribution in [2.45, 2.75) is 13.8 Å². The van der Waals surface area contributed by atoms with E-state index >= 15 is 0 Å². The Balaban J connectivity index is 3.28. The minimum Gasteiger partial charge on any atom is -0.363 e. The van der Waals surface area contributed by atoms with Crippen molar-refractivity contribution < 1.29 is 0 Å². The van der Waals surface area contributed by atoms with Crippen molar-refractivity contribution in [1.82, 2.24) is 21.3 Å². The van der Waals surface area contributed by atoms with Crippen LogP contribution in [0.25, 0.3) is 0 Å². The van der Waals surface area contributed by atoms with Crippen LogP contribution in [0.1, 0.15) is 13.8 Å². The van der Waals surface area contributed by atoms with Gasteiger partial charge in [0.1, 0.15) is 0 Å². The molecule has 0 bridgehead atoms. The number of thiocarbonyl (C=S) groups is 2. The molecule has 0 saturated carbocycles. The van der Waals surface area contributed by atoms with E-state index < -0.39 is 0 Å². The van der Waals surface area contributed by atoms with Crippen molar-refractivity contribution in [3.63, 3.8) is 0 Å². The second-order valence-electron chi connectivity index (χ2n) is 2.57. The maximum Gasteiger partial charge on any atom is 0.166 e. The first kappa shape index (κ1) is 13.4. The molecule has 0 saturated heterocycles. The molecular formula is C8H18N4S2. The van der Waals surface area contributed by atoms with E-state index in [-0.39, 0.29) is 0 Å². The summed E-state index contributed by atoms with van der Waals surface area (Å²) in [7, 11) is 0. The average Bonchev–Trinajstić information content (AvgIpc) is 2.13. The zero-order chi connectivity index (χ0) is 10.8. The minimum atomic E-state index is 0.684. The quantitative estimate of drug-likeness (QED) is 0.395. The molecular weight excluding hydrogens is 216 g/mol. The Morgan fingerprint density at radius 1 is 0.786 bits per heavy atom. The van der Waals surface area contributed by atoms with Crippen LogP contribution in [0.15, 0.2) is 0 Å². The van der Waals surface area contributed by atoms with Gasteiger partial charge in [0.15, 0.2) is 10.2 Å². The highest BCUT2D eigenvalue weighted by atomic mass is 32.1. The van der Waals surface area contributed by atoms with Crippen molar-refractivity contribution in [3.05, 3.63) is 0 Å². The summed E-state index contributed by atoms with van der Waals surface area (Å²) in [6.45, 7) is 7.22. The van der Waals surface area contributed by atoms with Gasteiger partial charge in [-0.05, 0) is 38.3 Å². The zero-order valence-electron chi connectivity index (χ0n) is 8.64. The van der Waals surface area contributed by atoms with Gasteiger partial charge < -0.3 is 21.3 Å². The smallest absolute Gasteiger partial charge is 0.166 e. The Kier molecular flexibility index (Phi) is 8.56. The summed E-state index contributed by atoms with van der Waals surface area (Å²) in [4.78, 5) is 0. The van der Waals surface area contributed by atoms with Crippen LogP contribution >= 0.6 is 24.4 Å². The highest BCUT2D eigenvalue weighted by Crippen LogP contribution is 1.68. The molecule has 6 heteroatoms. The molecule has 14 heavy (non-hydrogen) atoms. The number of hydrogen-bond acceptors (Lipinski definition) is 2. The van der Waals surface area contributed by atoms with Gasteiger partial charge in [0, 0.05) is 26.2 Å². The van der Waals surface area contributed by atoms with Gasteiger partial charge in [0.2, 0.25) is 0 Å². The maximum absolute atomic E-state index is 4.98. The van der Waals surface area contributed by atoms with Crippen molar-refractivity contribution in [2.75, 3.05) is 26.2 Å². The summed E-state index contributed by atoms with van der Waals surface area (Å²) in [5.74, 6) is 0. The maximum atomic E-state index is 4.98. The standard InChI is InChI=1S/C8H18N4S2/c1-3-9-7(13)11-5-6-12-8(14)10-4-2/h3-6H2,1-2H3,(H2,9,11,13)(H2,10,12,14). The fourth-order valence-electron chi connectivity index (χ4n) is 0.798. The molecule has 0 aromatic heterocycles. The molecule has 0 aromatic rings. The topological polar surface area (TPSA) is 48.1 Å². The molecule has 0 amide bonds. The van der Waals surface area contributed by atoms with Gasteiger partial charge in [-0.2, -0.15) is 0 Å². The molecule has 0 aliphatic heterocycles. The third-order valence-corrected chi connectivity index (χ3v) is 1.95. The SMILES string of the molecule is CCNC(=S)NCCNC(=S)NCC. The first-order valence-corrected chi connectivity index (χ1v) is 5.55. The van der Waals surface area contributed by atoms with Gasteiger partial charge in [-0.15, -0.1) is 0 Å². The third-order valence-electron chi connectivity index (χ3n) is 1.37. The molecule has 0 aliphatic rings. The summed E-state index contributed by atoms with van der Waals surface area (Å²) >= 11 is 9.97. The Labute approximate surface area is 96.2 Å². The molecule has 0 unspecified atom stereocenters. The molecule has 0 aliphatic carbocycles. The van der Waals surface area contributed by atoms with Crippen LogP contribution in [0.5, 0.6) is 0 Å². The first-order chi connectivity index (χ1) is 6.70. The van der Waals surface area contributed by atoms with Crippen molar-refractivity contribution in [2.24, 2.45) is 0 Å². The van der Waals surface area contributed by atoms with Crippen molar-refractivity contribution in [3.8, 4) is 0 Å². The molecule has 0 spiro atoms. The summed E-state index contributed by atoms with van der Waals surface area (Å²) in [5.41, 5.74) is 0. The highest BCUT2D eigenvalue weighted by Gasteiger charge is 1.93. The lowest BCUT2D eigenvalue weighted by Crippen LogP contribution is -2.42. The van der Waals surface area contributed by atoms with E-state index in [2.05, 4.69) is 21.3 Å². The summed E-state index contributed by atoms with van der Waals surface area (Å²) in [6, 6.07) is 0. The summed E-state index contributed by atoms with van der Waals surface area (Å²) < 4.78 is 0. The van der Waals surface area contributed by atoms with E-state index in [1.807, 2.05) is 13.8 Å². The van der Waals surface area contributed by atoms with Crippen LogP contribution in [0, 0.1) is 0 Å². The predicted octanol–water partition coefficient (Wildman–Crippen LogP) is -0.0456. The summed E-state index contributed by atoms with van der Waals surface area (Å²) in [6.07, 6.45) is 0. The average molecular weight is 234 g/mol. The van der Waals surface area contributed by atoms with E-state index in [1.54, 1.807) is 0 Å². The Hall–Kier alpha value is -0.620. The lowest BCUT2D eigenvalue weighted by Gasteiger charge is -2.11. The van der Waals surface area contributed by atoms with Gasteiger partial charge >= 0.3 is 0 Å². The van der Waals surface area contributed by atoms with Gasteiger partial charge in [-0.1, -0.05) is 0 Å². The van der Waals surface area contributed by atoms with Crippen LogP contribution in [0.3, 0.4) is 0 Å². The monoisotopic (exact) mass is 234 g/mol. The Morgan fingerprint density at radius 2 is 1.14 bits per heavy atom. The zero-order valence-corrected chi connectivity index (χ0v) is 10.3. The van der Waals surface area contributed by atoms with Gasteiger partial charge in [-0.3, -0.25) is 0 Å². The van der Waals surface area contributed by atoms with Gasteiger partial charge in [0.05, 0.1) is 0 Å². The van der Waals surface area contributed by atoms with Crippen LogP contribution < -0.4 is 21.3 Å². The van der Waals surface area contributed by atoms with Gasteiger partial charge in [-0.25, -0.2) is 0 Å². The number of rotatable bonds is 5. The fraction of sp³-hybridized carbons (Fsp3) is 0.750. The first-order valence-electron chi connectivity index (χ1n) is 4.74. The Morgan fingerprint density at radius 3 is 1.43 bits per heavy atom. The second kappa shape index (κ2) is 8.96. The molecule has 0 radical (unpaired) electrons. The van der Waals surface area contributed by atoms with Crippen LogP contribution in [-0.2, 0) is 0 Å². The molecule has 0 aromatic carbocycles. The van der Waals surface area contributed by atoms with Crippen LogP contribution in [0.2, 0.25) is 0 Å². The van der Waals surface area contributed by atoms with Crippen LogP contribution in [0.4, 0.5) is 0 Å². The molecule has 0 atom stereocenters. The summed E-state index contributed by atoms with van der Waals surface area (Å²) in [5, 5.41) is 13.5. The van der Waals surface area contributed by atoms with E-state index in [0.29, 0.717) is 10.2 Å². The van der Waals surface area contributed by atoms with E-state index in [1.165, 1.54) is 0 Å². The lowest BCUT2D eigenvalue weighted by atomic mass is 10.6. The van der Waals surface area contributed by atoms with Crippen molar-refractivity contribution in [1.29, 1.82) is 0 Å².